The third-order valence-corrected chi connectivity index (χ3v) is 5.71. The quantitative estimate of drug-likeness (QED) is 0.757. The lowest BCUT2D eigenvalue weighted by Gasteiger charge is -2.22. The van der Waals surface area contributed by atoms with Crippen LogP contribution < -0.4 is 10.6 Å². The Morgan fingerprint density at radius 3 is 2.88 bits per heavy atom. The van der Waals surface area contributed by atoms with Gasteiger partial charge in [-0.1, -0.05) is 12.1 Å². The molecule has 4 nitrogen and oxygen atoms in total. The molecule has 0 spiro atoms. The second-order valence-corrected chi connectivity index (χ2v) is 7.36. The number of benzene rings is 1. The number of carbonyl (C=O) groups excluding carboxylic acids is 1. The first kappa shape index (κ1) is 15.4. The number of piperidine rings is 1. The van der Waals surface area contributed by atoms with E-state index in [2.05, 4.69) is 28.8 Å². The molecule has 3 aromatic rings. The summed E-state index contributed by atoms with van der Waals surface area (Å²) in [6.45, 7) is 2.88. The molecule has 2 aromatic heterocycles. The zero-order valence-corrected chi connectivity index (χ0v) is 14.2. The van der Waals surface area contributed by atoms with Gasteiger partial charge < -0.3 is 15.1 Å². The molecule has 1 saturated heterocycles. The van der Waals surface area contributed by atoms with Gasteiger partial charge in [0.2, 0.25) is 0 Å². The van der Waals surface area contributed by atoms with Gasteiger partial charge in [-0.2, -0.15) is 0 Å². The van der Waals surface area contributed by atoms with Gasteiger partial charge in [-0.05, 0) is 61.0 Å². The molecule has 0 bridgehead atoms. The van der Waals surface area contributed by atoms with Crippen molar-refractivity contribution in [3.05, 3.63) is 47.7 Å². The second kappa shape index (κ2) is 6.79. The number of hydrogen-bond acceptors (Lipinski definition) is 4. The molecule has 124 valence electrons. The summed E-state index contributed by atoms with van der Waals surface area (Å²) in [7, 11) is 0. The van der Waals surface area contributed by atoms with E-state index in [9.17, 15) is 4.79 Å². The van der Waals surface area contributed by atoms with Crippen LogP contribution in [-0.2, 0) is 0 Å². The average Bonchev–Trinajstić information content (AvgIpc) is 3.29. The summed E-state index contributed by atoms with van der Waals surface area (Å²) in [6.07, 6.45) is 5.69. The standard InChI is InChI=1S/C19H20N2O2S/c22-19(21-11-13-3-6-20-7-4-13)18-10-15-2-1-14(9-17(15)24-18)16-5-8-23-12-16/h1-2,5,8-10,12-13,20H,3-4,6-7,11H2,(H,21,22). The van der Waals surface area contributed by atoms with E-state index in [1.54, 1.807) is 23.9 Å². The highest BCUT2D eigenvalue weighted by Gasteiger charge is 2.16. The number of carbonyl (C=O) groups is 1. The van der Waals surface area contributed by atoms with Crippen molar-refractivity contribution in [3.8, 4) is 11.1 Å². The predicted octanol–water partition coefficient (Wildman–Crippen LogP) is 3.89. The van der Waals surface area contributed by atoms with Gasteiger partial charge >= 0.3 is 0 Å². The lowest BCUT2D eigenvalue weighted by atomic mass is 9.98. The Hall–Kier alpha value is -2.11. The SMILES string of the molecule is O=C(NCC1CCNCC1)c1cc2ccc(-c3ccoc3)cc2s1. The Balaban J connectivity index is 1.48. The van der Waals surface area contributed by atoms with Crippen molar-refractivity contribution in [3.63, 3.8) is 0 Å². The molecule has 0 radical (unpaired) electrons. The lowest BCUT2D eigenvalue weighted by Crippen LogP contribution is -2.35. The molecule has 5 heteroatoms. The molecular formula is C19H20N2O2S. The third kappa shape index (κ3) is 3.23. The molecule has 2 N–H and O–H groups in total. The van der Waals surface area contributed by atoms with Crippen LogP contribution in [-0.4, -0.2) is 25.5 Å². The topological polar surface area (TPSA) is 54.3 Å². The Labute approximate surface area is 144 Å². The monoisotopic (exact) mass is 340 g/mol. The highest BCUT2D eigenvalue weighted by atomic mass is 32.1. The van der Waals surface area contributed by atoms with Crippen LogP contribution in [0.15, 0.2) is 47.3 Å². The molecule has 0 atom stereocenters. The van der Waals surface area contributed by atoms with Crippen LogP contribution >= 0.6 is 11.3 Å². The summed E-state index contributed by atoms with van der Waals surface area (Å²) >= 11 is 1.55. The van der Waals surface area contributed by atoms with E-state index < -0.39 is 0 Å². The Morgan fingerprint density at radius 2 is 2.08 bits per heavy atom. The molecule has 4 rings (SSSR count). The van der Waals surface area contributed by atoms with Gasteiger partial charge in [-0.15, -0.1) is 11.3 Å². The number of nitrogens with one attached hydrogen (secondary N) is 2. The maximum Gasteiger partial charge on any atom is 0.261 e. The molecular weight excluding hydrogens is 320 g/mol. The highest BCUT2D eigenvalue weighted by molar-refractivity contribution is 7.20. The number of furan rings is 1. The van der Waals surface area contributed by atoms with E-state index in [4.69, 9.17) is 4.42 Å². The van der Waals surface area contributed by atoms with E-state index in [0.717, 1.165) is 58.6 Å². The summed E-state index contributed by atoms with van der Waals surface area (Å²) in [5.74, 6) is 0.636. The largest absolute Gasteiger partial charge is 0.472 e. The van der Waals surface area contributed by atoms with E-state index in [0.29, 0.717) is 5.92 Å². The van der Waals surface area contributed by atoms with E-state index in [-0.39, 0.29) is 5.91 Å². The van der Waals surface area contributed by atoms with Crippen molar-refractivity contribution in [2.24, 2.45) is 5.92 Å². The molecule has 1 aliphatic rings. The highest BCUT2D eigenvalue weighted by Crippen LogP contribution is 2.30. The van der Waals surface area contributed by atoms with Gasteiger partial charge in [0, 0.05) is 16.8 Å². The van der Waals surface area contributed by atoms with Gasteiger partial charge in [0.05, 0.1) is 17.4 Å². The fraction of sp³-hybridized carbons (Fsp3) is 0.316. The molecule has 1 amide bonds. The zero-order chi connectivity index (χ0) is 16.4. The van der Waals surface area contributed by atoms with Crippen molar-refractivity contribution in [1.29, 1.82) is 0 Å². The van der Waals surface area contributed by atoms with Gasteiger partial charge in [-0.25, -0.2) is 0 Å². The van der Waals surface area contributed by atoms with Crippen LogP contribution in [0, 0.1) is 5.92 Å². The maximum atomic E-state index is 12.4. The first-order valence-electron chi connectivity index (χ1n) is 8.35. The summed E-state index contributed by atoms with van der Waals surface area (Å²) < 4.78 is 6.27. The number of rotatable bonds is 4. The second-order valence-electron chi connectivity index (χ2n) is 6.28. The van der Waals surface area contributed by atoms with Crippen LogP contribution in [0.5, 0.6) is 0 Å². The maximum absolute atomic E-state index is 12.4. The molecule has 0 saturated carbocycles. The first-order chi connectivity index (χ1) is 11.8. The van der Waals surface area contributed by atoms with Crippen LogP contribution in [0.4, 0.5) is 0 Å². The van der Waals surface area contributed by atoms with Gasteiger partial charge in [0.1, 0.15) is 0 Å². The molecule has 0 unspecified atom stereocenters. The average molecular weight is 340 g/mol. The molecule has 3 heterocycles. The minimum atomic E-state index is 0.0413. The van der Waals surface area contributed by atoms with Crippen molar-refractivity contribution in [1.82, 2.24) is 10.6 Å². The fourth-order valence-electron chi connectivity index (χ4n) is 3.16. The van der Waals surface area contributed by atoms with E-state index >= 15 is 0 Å². The van der Waals surface area contributed by atoms with Crippen molar-refractivity contribution >= 4 is 27.3 Å². The summed E-state index contributed by atoms with van der Waals surface area (Å²) in [6, 6.07) is 10.2. The van der Waals surface area contributed by atoms with Crippen LogP contribution in [0.1, 0.15) is 22.5 Å². The van der Waals surface area contributed by atoms with Gasteiger partial charge in [0.25, 0.3) is 5.91 Å². The zero-order valence-electron chi connectivity index (χ0n) is 13.4. The minimum absolute atomic E-state index is 0.0413. The van der Waals surface area contributed by atoms with Crippen LogP contribution in [0.25, 0.3) is 21.2 Å². The number of fused-ring (bicyclic) bond motifs is 1. The number of amides is 1. The minimum Gasteiger partial charge on any atom is -0.472 e. The molecule has 1 fully saturated rings. The summed E-state index contributed by atoms with van der Waals surface area (Å²) in [4.78, 5) is 13.2. The van der Waals surface area contributed by atoms with Crippen molar-refractivity contribution < 1.29 is 9.21 Å². The van der Waals surface area contributed by atoms with Gasteiger partial charge in [0.15, 0.2) is 0 Å². The van der Waals surface area contributed by atoms with E-state index in [1.165, 1.54) is 0 Å². The smallest absolute Gasteiger partial charge is 0.261 e. The normalized spacial score (nSPS) is 15.7. The van der Waals surface area contributed by atoms with Gasteiger partial charge in [-0.3, -0.25) is 4.79 Å². The Bertz CT molecular complexity index is 832. The fourth-order valence-corrected chi connectivity index (χ4v) is 4.18. The Morgan fingerprint density at radius 1 is 1.21 bits per heavy atom. The number of thiophene rings is 1. The molecule has 0 aliphatic carbocycles. The van der Waals surface area contributed by atoms with Crippen molar-refractivity contribution in [2.45, 2.75) is 12.8 Å². The molecule has 24 heavy (non-hydrogen) atoms. The lowest BCUT2D eigenvalue weighted by molar-refractivity contribution is 0.0948. The molecule has 1 aromatic carbocycles. The number of hydrogen-bond donors (Lipinski definition) is 2. The van der Waals surface area contributed by atoms with Crippen molar-refractivity contribution in [2.75, 3.05) is 19.6 Å². The first-order valence-corrected chi connectivity index (χ1v) is 9.16. The third-order valence-electron chi connectivity index (χ3n) is 4.61. The summed E-state index contributed by atoms with van der Waals surface area (Å²) in [5, 5.41) is 7.56. The van der Waals surface area contributed by atoms with Crippen LogP contribution in [0.2, 0.25) is 0 Å². The predicted molar refractivity (Wildman–Crippen MR) is 97.5 cm³/mol. The van der Waals surface area contributed by atoms with Crippen LogP contribution in [0.3, 0.4) is 0 Å². The van der Waals surface area contributed by atoms with E-state index in [1.807, 2.05) is 12.1 Å². The summed E-state index contributed by atoms with van der Waals surface area (Å²) in [5.41, 5.74) is 2.17. The Kier molecular flexibility index (Phi) is 4.36. The molecule has 1 aliphatic heterocycles.